The number of amides is 2. The van der Waals surface area contributed by atoms with E-state index in [0.717, 1.165) is 12.8 Å². The number of carbonyl (C=O) groups is 2. The summed E-state index contributed by atoms with van der Waals surface area (Å²) in [5, 5.41) is 2.82. The summed E-state index contributed by atoms with van der Waals surface area (Å²) in [7, 11) is 0. The maximum absolute atomic E-state index is 14.7. The van der Waals surface area contributed by atoms with E-state index in [1.54, 1.807) is 17.0 Å². The maximum Gasteiger partial charge on any atom is 0.223 e. The topological polar surface area (TPSA) is 61.9 Å². The van der Waals surface area contributed by atoms with Gasteiger partial charge in [-0.1, -0.05) is 13.3 Å². The molecule has 0 aromatic heterocycles. The van der Waals surface area contributed by atoms with Gasteiger partial charge in [0, 0.05) is 45.7 Å². The van der Waals surface area contributed by atoms with Crippen LogP contribution in [0.1, 0.15) is 33.6 Å². The van der Waals surface area contributed by atoms with E-state index in [2.05, 4.69) is 12.2 Å². The fraction of sp³-hybridized carbons (Fsp3) is 0.600. The van der Waals surface area contributed by atoms with Crippen LogP contribution in [0.15, 0.2) is 18.2 Å². The molecule has 0 saturated carbocycles. The Morgan fingerprint density at radius 1 is 1.30 bits per heavy atom. The molecule has 1 aliphatic heterocycles. The predicted octanol–water partition coefficient (Wildman–Crippen LogP) is 2.57. The number of nitrogens with one attached hydrogen (secondary N) is 1. The van der Waals surface area contributed by atoms with Gasteiger partial charge in [0.25, 0.3) is 0 Å². The Bertz CT molecular complexity index is 647. The Balaban J connectivity index is 2.15. The molecule has 2 rings (SSSR count). The number of benzene rings is 1. The summed E-state index contributed by atoms with van der Waals surface area (Å²) in [5.74, 6) is -0.455. The number of halogens is 1. The van der Waals surface area contributed by atoms with Gasteiger partial charge >= 0.3 is 0 Å². The van der Waals surface area contributed by atoms with Crippen molar-refractivity contribution in [3.8, 4) is 0 Å². The third-order valence-corrected chi connectivity index (χ3v) is 4.75. The van der Waals surface area contributed by atoms with Crippen molar-refractivity contribution in [2.24, 2.45) is 5.92 Å². The average molecular weight is 379 g/mol. The van der Waals surface area contributed by atoms with Gasteiger partial charge in [0.2, 0.25) is 11.8 Å². The normalized spacial score (nSPS) is 15.3. The molecule has 1 aromatic carbocycles. The van der Waals surface area contributed by atoms with Crippen molar-refractivity contribution < 1.29 is 18.7 Å². The van der Waals surface area contributed by atoms with Crippen LogP contribution in [0.25, 0.3) is 0 Å². The second-order valence-corrected chi connectivity index (χ2v) is 6.96. The molecule has 1 fully saturated rings. The highest BCUT2D eigenvalue weighted by Crippen LogP contribution is 2.27. The summed E-state index contributed by atoms with van der Waals surface area (Å²) in [6.45, 7) is 8.45. The van der Waals surface area contributed by atoms with Gasteiger partial charge in [-0.3, -0.25) is 9.59 Å². The largest absolute Gasteiger partial charge is 0.378 e. The van der Waals surface area contributed by atoms with Gasteiger partial charge in [0.05, 0.1) is 18.9 Å². The molecule has 1 aromatic rings. The SMILES string of the molecule is CCCC(CNC(C)=O)CN(C(C)=O)c1ccc(N2CCOCC2)c(F)c1. The highest BCUT2D eigenvalue weighted by molar-refractivity contribution is 5.91. The fourth-order valence-corrected chi connectivity index (χ4v) is 3.35. The average Bonchev–Trinajstić information content (AvgIpc) is 2.64. The Kier molecular flexibility index (Phi) is 8.03. The predicted molar refractivity (Wildman–Crippen MR) is 105 cm³/mol. The molecule has 0 spiro atoms. The number of carbonyl (C=O) groups excluding carboxylic acids is 2. The third-order valence-electron chi connectivity index (χ3n) is 4.75. The smallest absolute Gasteiger partial charge is 0.223 e. The zero-order valence-corrected chi connectivity index (χ0v) is 16.5. The number of morpholine rings is 1. The van der Waals surface area contributed by atoms with Crippen LogP contribution in [0.2, 0.25) is 0 Å². The van der Waals surface area contributed by atoms with Crippen molar-refractivity contribution in [3.05, 3.63) is 24.0 Å². The van der Waals surface area contributed by atoms with Crippen LogP contribution >= 0.6 is 0 Å². The van der Waals surface area contributed by atoms with Crippen LogP contribution in [0.4, 0.5) is 15.8 Å². The van der Waals surface area contributed by atoms with E-state index in [1.807, 2.05) is 4.90 Å². The molecule has 1 N–H and O–H groups in total. The molecule has 6 nitrogen and oxygen atoms in total. The summed E-state index contributed by atoms with van der Waals surface area (Å²) in [4.78, 5) is 27.0. The lowest BCUT2D eigenvalue weighted by Gasteiger charge is -2.30. The minimum Gasteiger partial charge on any atom is -0.378 e. The van der Waals surface area contributed by atoms with Crippen LogP contribution < -0.4 is 15.1 Å². The highest BCUT2D eigenvalue weighted by Gasteiger charge is 2.21. The van der Waals surface area contributed by atoms with Gasteiger partial charge in [0.1, 0.15) is 5.82 Å². The number of rotatable bonds is 8. The molecular weight excluding hydrogens is 349 g/mol. The van der Waals surface area contributed by atoms with E-state index in [-0.39, 0.29) is 23.5 Å². The highest BCUT2D eigenvalue weighted by atomic mass is 19.1. The van der Waals surface area contributed by atoms with Crippen molar-refractivity contribution in [1.29, 1.82) is 0 Å². The lowest BCUT2D eigenvalue weighted by Crippen LogP contribution is -2.39. The molecule has 1 saturated heterocycles. The van der Waals surface area contributed by atoms with Gasteiger partial charge in [-0.25, -0.2) is 4.39 Å². The molecule has 0 bridgehead atoms. The summed E-state index contributed by atoms with van der Waals surface area (Å²) in [5.41, 5.74) is 1.08. The first kappa shape index (κ1) is 21.2. The second-order valence-electron chi connectivity index (χ2n) is 6.96. The summed E-state index contributed by atoms with van der Waals surface area (Å²) < 4.78 is 20.0. The van der Waals surface area contributed by atoms with Gasteiger partial charge in [0.15, 0.2) is 0 Å². The lowest BCUT2D eigenvalue weighted by atomic mass is 10.0. The first-order chi connectivity index (χ1) is 12.9. The third kappa shape index (κ3) is 6.20. The lowest BCUT2D eigenvalue weighted by molar-refractivity contribution is -0.119. The molecule has 7 heteroatoms. The van der Waals surface area contributed by atoms with Gasteiger partial charge in [-0.15, -0.1) is 0 Å². The molecule has 27 heavy (non-hydrogen) atoms. The van der Waals surface area contributed by atoms with Crippen LogP contribution in [0, 0.1) is 11.7 Å². The Labute approximate surface area is 160 Å². The van der Waals surface area contributed by atoms with Crippen molar-refractivity contribution in [3.63, 3.8) is 0 Å². The molecule has 1 unspecified atom stereocenters. The number of ether oxygens (including phenoxy) is 1. The number of anilines is 2. The zero-order valence-electron chi connectivity index (χ0n) is 16.5. The van der Waals surface area contributed by atoms with Gasteiger partial charge < -0.3 is 19.9 Å². The van der Waals surface area contributed by atoms with Crippen LogP contribution in [-0.2, 0) is 14.3 Å². The van der Waals surface area contributed by atoms with E-state index >= 15 is 0 Å². The monoisotopic (exact) mass is 379 g/mol. The minimum atomic E-state index is -0.338. The molecule has 1 atom stereocenters. The van der Waals surface area contributed by atoms with Crippen LogP contribution in [0.3, 0.4) is 0 Å². The second kappa shape index (κ2) is 10.3. The maximum atomic E-state index is 14.7. The summed E-state index contributed by atoms with van der Waals surface area (Å²) in [6.07, 6.45) is 1.82. The molecule has 2 amide bonds. The molecule has 1 aliphatic rings. The molecule has 0 radical (unpaired) electrons. The van der Waals surface area contributed by atoms with Crippen molar-refractivity contribution >= 4 is 23.2 Å². The van der Waals surface area contributed by atoms with E-state index in [0.29, 0.717) is 50.8 Å². The molecular formula is C20H30FN3O3. The van der Waals surface area contributed by atoms with Crippen LogP contribution in [-0.4, -0.2) is 51.2 Å². The Morgan fingerprint density at radius 2 is 2.00 bits per heavy atom. The quantitative estimate of drug-likeness (QED) is 0.754. The molecule has 150 valence electrons. The zero-order chi connectivity index (χ0) is 19.8. The van der Waals surface area contributed by atoms with E-state index in [9.17, 15) is 14.0 Å². The minimum absolute atomic E-state index is 0.0913. The molecule has 1 heterocycles. The summed E-state index contributed by atoms with van der Waals surface area (Å²) in [6, 6.07) is 4.94. The van der Waals surface area contributed by atoms with Crippen LogP contribution in [0.5, 0.6) is 0 Å². The van der Waals surface area contributed by atoms with E-state index in [1.165, 1.54) is 19.9 Å². The van der Waals surface area contributed by atoms with Crippen molar-refractivity contribution in [1.82, 2.24) is 5.32 Å². The van der Waals surface area contributed by atoms with Gasteiger partial charge in [-0.05, 0) is 30.5 Å². The fourth-order valence-electron chi connectivity index (χ4n) is 3.35. The van der Waals surface area contributed by atoms with Crippen molar-refractivity contribution in [2.45, 2.75) is 33.6 Å². The number of hydrogen-bond donors (Lipinski definition) is 1. The first-order valence-corrected chi connectivity index (χ1v) is 9.57. The van der Waals surface area contributed by atoms with Gasteiger partial charge in [-0.2, -0.15) is 0 Å². The van der Waals surface area contributed by atoms with Crippen molar-refractivity contribution in [2.75, 3.05) is 49.2 Å². The molecule has 0 aliphatic carbocycles. The summed E-state index contributed by atoms with van der Waals surface area (Å²) >= 11 is 0. The van der Waals surface area contributed by atoms with E-state index in [4.69, 9.17) is 4.74 Å². The number of nitrogens with zero attached hydrogens (tertiary/aromatic N) is 2. The Hall–Kier alpha value is -2.15. The standard InChI is InChI=1S/C20H30FN3O3/c1-4-5-17(13-22-15(2)25)14-24(16(3)26)18-6-7-20(19(21)12-18)23-8-10-27-11-9-23/h6-7,12,17H,4-5,8-11,13-14H2,1-3H3,(H,22,25). The number of hydrogen-bond acceptors (Lipinski definition) is 4. The first-order valence-electron chi connectivity index (χ1n) is 9.57. The Morgan fingerprint density at radius 3 is 2.56 bits per heavy atom. The van der Waals surface area contributed by atoms with E-state index < -0.39 is 0 Å².